The number of unbranched alkanes of at least 4 members (excludes halogenated alkanes) is 1. The maximum atomic E-state index is 13.9. The van der Waals surface area contributed by atoms with Crippen LogP contribution in [0.5, 0.6) is 0 Å². The molecule has 0 aliphatic carbocycles. The lowest BCUT2D eigenvalue weighted by atomic mass is 10.0. The summed E-state index contributed by atoms with van der Waals surface area (Å²) in [5.41, 5.74) is 1.96. The lowest BCUT2D eigenvalue weighted by Gasteiger charge is -2.26. The average molecular weight is 713 g/mol. The Hall–Kier alpha value is -4.16. The lowest BCUT2D eigenvalue weighted by Crippen LogP contribution is -2.40. The molecule has 0 unspecified atom stereocenters. The Morgan fingerprint density at radius 3 is 2.33 bits per heavy atom. The van der Waals surface area contributed by atoms with E-state index in [2.05, 4.69) is 5.32 Å². The van der Waals surface area contributed by atoms with Gasteiger partial charge < -0.3 is 19.7 Å². The fourth-order valence-corrected chi connectivity index (χ4v) is 7.36. The van der Waals surface area contributed by atoms with Crippen LogP contribution in [0.2, 0.25) is 10.0 Å². The molecule has 252 valence electrons. The van der Waals surface area contributed by atoms with E-state index in [9.17, 15) is 22.8 Å². The van der Waals surface area contributed by atoms with Gasteiger partial charge in [-0.2, -0.15) is 0 Å². The summed E-state index contributed by atoms with van der Waals surface area (Å²) < 4.78 is 39.3. The Morgan fingerprint density at radius 2 is 1.65 bits per heavy atom. The van der Waals surface area contributed by atoms with Crippen LogP contribution in [-0.2, 0) is 30.8 Å². The minimum atomic E-state index is -4.32. The Morgan fingerprint density at radius 1 is 0.938 bits per heavy atom. The third kappa shape index (κ3) is 8.46. The first kappa shape index (κ1) is 35.2. The van der Waals surface area contributed by atoms with Crippen LogP contribution in [-0.4, -0.2) is 70.6 Å². The summed E-state index contributed by atoms with van der Waals surface area (Å²) in [5, 5.41) is 4.33. The molecule has 4 aromatic carbocycles. The normalized spacial score (nSPS) is 13.3. The van der Waals surface area contributed by atoms with Crippen molar-refractivity contribution < 1.29 is 32.3 Å². The number of hydrogen-bond donors (Lipinski definition) is 1. The first-order chi connectivity index (χ1) is 23.1. The van der Waals surface area contributed by atoms with Crippen LogP contribution < -0.4 is 9.62 Å². The standard InChI is InChI=1S/C35H35Cl2N3O7S/c1-2-3-15-47-33(41)23-40(48(44,45)30-20-27(36)19-28(37)21-30)29-11-12-31-26(18-29)5-4-6-32(31)34(42)38-22-24-7-9-25(10-8-24)35(43)39-13-16-46-17-14-39/h4-12,18-21H,2-3,13-17,22-23H2,1H3,(H,38,42). The molecule has 0 spiro atoms. The second kappa shape index (κ2) is 15.8. The van der Waals surface area contributed by atoms with E-state index < -0.39 is 22.5 Å². The molecule has 1 heterocycles. The summed E-state index contributed by atoms with van der Waals surface area (Å²) in [7, 11) is -4.32. The maximum absolute atomic E-state index is 13.9. The monoisotopic (exact) mass is 711 g/mol. The van der Waals surface area contributed by atoms with Crippen LogP contribution in [0.1, 0.15) is 46.0 Å². The molecule has 1 saturated heterocycles. The topological polar surface area (TPSA) is 122 Å². The molecule has 2 amide bonds. The van der Waals surface area contributed by atoms with Gasteiger partial charge in [0.2, 0.25) is 0 Å². The van der Waals surface area contributed by atoms with Gasteiger partial charge in [0.15, 0.2) is 0 Å². The number of halogens is 2. The number of nitrogens with one attached hydrogen (secondary N) is 1. The summed E-state index contributed by atoms with van der Waals surface area (Å²) in [6.07, 6.45) is 1.45. The summed E-state index contributed by atoms with van der Waals surface area (Å²) in [4.78, 5) is 40.4. The predicted molar refractivity (Wildman–Crippen MR) is 185 cm³/mol. The lowest BCUT2D eigenvalue weighted by molar-refractivity contribution is -0.141. The number of morpholine rings is 1. The van der Waals surface area contributed by atoms with Crippen molar-refractivity contribution in [2.24, 2.45) is 0 Å². The number of esters is 1. The molecular weight excluding hydrogens is 677 g/mol. The summed E-state index contributed by atoms with van der Waals surface area (Å²) in [6.45, 7) is 3.92. The highest BCUT2D eigenvalue weighted by Gasteiger charge is 2.29. The van der Waals surface area contributed by atoms with E-state index in [1.54, 1.807) is 59.5 Å². The number of rotatable bonds is 12. The van der Waals surface area contributed by atoms with Crippen LogP contribution in [0.4, 0.5) is 5.69 Å². The van der Waals surface area contributed by atoms with Gasteiger partial charge in [0, 0.05) is 40.8 Å². The zero-order chi connectivity index (χ0) is 34.3. The van der Waals surface area contributed by atoms with Crippen molar-refractivity contribution in [3.05, 3.63) is 106 Å². The van der Waals surface area contributed by atoms with E-state index >= 15 is 0 Å². The Labute approximate surface area is 289 Å². The van der Waals surface area contributed by atoms with Crippen LogP contribution in [0, 0.1) is 0 Å². The molecule has 5 rings (SSSR count). The van der Waals surface area contributed by atoms with Crippen molar-refractivity contribution in [1.29, 1.82) is 0 Å². The molecule has 0 bridgehead atoms. The van der Waals surface area contributed by atoms with Crippen LogP contribution >= 0.6 is 23.2 Å². The van der Waals surface area contributed by atoms with E-state index in [1.807, 2.05) is 6.92 Å². The van der Waals surface area contributed by atoms with Crippen molar-refractivity contribution in [3.8, 4) is 0 Å². The molecule has 48 heavy (non-hydrogen) atoms. The van der Waals surface area contributed by atoms with Crippen molar-refractivity contribution in [1.82, 2.24) is 10.2 Å². The third-order valence-electron chi connectivity index (χ3n) is 7.81. The van der Waals surface area contributed by atoms with Crippen LogP contribution in [0.25, 0.3) is 10.8 Å². The summed E-state index contributed by atoms with van der Waals surface area (Å²) >= 11 is 12.2. The van der Waals surface area contributed by atoms with Gasteiger partial charge in [-0.15, -0.1) is 0 Å². The van der Waals surface area contributed by atoms with E-state index in [0.29, 0.717) is 54.6 Å². The zero-order valence-corrected chi connectivity index (χ0v) is 28.6. The molecule has 1 fully saturated rings. The second-order valence-corrected chi connectivity index (χ2v) is 13.9. The molecule has 13 heteroatoms. The fourth-order valence-electron chi connectivity index (χ4n) is 5.23. The number of anilines is 1. The number of carbonyl (C=O) groups is 3. The van der Waals surface area contributed by atoms with E-state index in [-0.39, 0.29) is 45.6 Å². The Kier molecular flexibility index (Phi) is 11.6. The number of ether oxygens (including phenoxy) is 2. The average Bonchev–Trinajstić information content (AvgIpc) is 3.09. The first-order valence-corrected chi connectivity index (χ1v) is 17.7. The first-order valence-electron chi connectivity index (χ1n) is 15.5. The van der Waals surface area contributed by atoms with Crippen LogP contribution in [0.15, 0.2) is 83.8 Å². The molecule has 10 nitrogen and oxygen atoms in total. The third-order valence-corrected chi connectivity index (χ3v) is 9.99. The molecule has 1 N–H and O–H groups in total. The largest absolute Gasteiger partial charge is 0.464 e. The van der Waals surface area contributed by atoms with Crippen LogP contribution in [0.3, 0.4) is 0 Å². The molecule has 1 aliphatic rings. The molecular formula is C35H35Cl2N3O7S. The van der Waals surface area contributed by atoms with Crippen molar-refractivity contribution in [2.75, 3.05) is 43.8 Å². The number of nitrogens with zero attached hydrogens (tertiary/aromatic N) is 2. The number of hydrogen-bond acceptors (Lipinski definition) is 7. The van der Waals surface area contributed by atoms with E-state index in [1.165, 1.54) is 24.3 Å². The molecule has 0 atom stereocenters. The quantitative estimate of drug-likeness (QED) is 0.139. The van der Waals surface area contributed by atoms with Gasteiger partial charge in [0.1, 0.15) is 6.54 Å². The minimum absolute atomic E-state index is 0.0554. The van der Waals surface area contributed by atoms with Gasteiger partial charge in [-0.05, 0) is 71.3 Å². The number of fused-ring (bicyclic) bond motifs is 1. The SMILES string of the molecule is CCCCOC(=O)CN(c1ccc2c(C(=O)NCc3ccc(C(=O)N4CCOCC4)cc3)cccc2c1)S(=O)(=O)c1cc(Cl)cc(Cl)c1. The molecule has 0 saturated carbocycles. The van der Waals surface area contributed by atoms with Gasteiger partial charge >= 0.3 is 5.97 Å². The zero-order valence-electron chi connectivity index (χ0n) is 26.3. The number of amides is 2. The van der Waals surface area contributed by atoms with Gasteiger partial charge in [-0.3, -0.25) is 18.7 Å². The maximum Gasteiger partial charge on any atom is 0.326 e. The van der Waals surface area contributed by atoms with Gasteiger partial charge in [0.25, 0.3) is 21.8 Å². The molecule has 1 aliphatic heterocycles. The summed E-state index contributed by atoms with van der Waals surface area (Å²) in [6, 6.07) is 20.9. The summed E-state index contributed by atoms with van der Waals surface area (Å²) in [5.74, 6) is -1.11. The predicted octanol–water partition coefficient (Wildman–Crippen LogP) is 6.09. The number of carbonyl (C=O) groups excluding carboxylic acids is 3. The number of benzene rings is 4. The van der Waals surface area contributed by atoms with Gasteiger partial charge in [-0.1, -0.05) is 66.9 Å². The van der Waals surface area contributed by atoms with Crippen molar-refractivity contribution in [3.63, 3.8) is 0 Å². The highest BCUT2D eigenvalue weighted by molar-refractivity contribution is 7.92. The number of sulfonamides is 1. The van der Waals surface area contributed by atoms with Gasteiger partial charge in [0.05, 0.1) is 30.4 Å². The van der Waals surface area contributed by atoms with Crippen molar-refractivity contribution >= 4 is 67.5 Å². The highest BCUT2D eigenvalue weighted by Crippen LogP contribution is 2.31. The fraction of sp³-hybridized carbons (Fsp3) is 0.286. The Balaban J connectivity index is 1.36. The smallest absolute Gasteiger partial charge is 0.326 e. The molecule has 4 aromatic rings. The Bertz CT molecular complexity index is 1890. The highest BCUT2D eigenvalue weighted by atomic mass is 35.5. The molecule has 0 radical (unpaired) electrons. The van der Waals surface area contributed by atoms with E-state index in [4.69, 9.17) is 32.7 Å². The van der Waals surface area contributed by atoms with Gasteiger partial charge in [-0.25, -0.2) is 8.42 Å². The molecule has 0 aromatic heterocycles. The van der Waals surface area contributed by atoms with E-state index in [0.717, 1.165) is 16.3 Å². The van der Waals surface area contributed by atoms with Crippen molar-refractivity contribution in [2.45, 2.75) is 31.2 Å². The second-order valence-electron chi connectivity index (χ2n) is 11.2. The minimum Gasteiger partial charge on any atom is -0.464 e.